The summed E-state index contributed by atoms with van der Waals surface area (Å²) in [6.45, 7) is 0. The zero-order valence-electron chi connectivity index (χ0n) is 9.70. The van der Waals surface area contributed by atoms with Gasteiger partial charge >= 0.3 is 5.97 Å². The molecule has 0 atom stereocenters. The Bertz CT molecular complexity index is 818. The SMILES string of the molecule is O=C(O)c1cncc2c(=O)n(-c3ccccc3)[nH]c12. The number of para-hydroxylation sites is 1. The molecule has 0 saturated heterocycles. The van der Waals surface area contributed by atoms with Crippen LogP contribution in [0.2, 0.25) is 0 Å². The van der Waals surface area contributed by atoms with E-state index >= 15 is 0 Å². The highest BCUT2D eigenvalue weighted by atomic mass is 16.4. The maximum atomic E-state index is 12.2. The van der Waals surface area contributed by atoms with Gasteiger partial charge < -0.3 is 5.11 Å². The van der Waals surface area contributed by atoms with E-state index in [0.29, 0.717) is 5.69 Å². The van der Waals surface area contributed by atoms with Gasteiger partial charge in [0.25, 0.3) is 5.56 Å². The molecule has 0 aliphatic carbocycles. The van der Waals surface area contributed by atoms with E-state index in [9.17, 15) is 9.59 Å². The third-order valence-corrected chi connectivity index (χ3v) is 2.85. The zero-order chi connectivity index (χ0) is 13.4. The van der Waals surface area contributed by atoms with E-state index < -0.39 is 5.97 Å². The fourth-order valence-electron chi connectivity index (χ4n) is 1.95. The summed E-state index contributed by atoms with van der Waals surface area (Å²) in [6.07, 6.45) is 2.58. The lowest BCUT2D eigenvalue weighted by Gasteiger charge is -1.99. The Hall–Kier alpha value is -2.89. The molecule has 0 bridgehead atoms. The maximum Gasteiger partial charge on any atom is 0.339 e. The van der Waals surface area contributed by atoms with Crippen LogP contribution in [0.25, 0.3) is 16.6 Å². The van der Waals surface area contributed by atoms with Crippen molar-refractivity contribution in [3.8, 4) is 5.69 Å². The topological polar surface area (TPSA) is 88.0 Å². The van der Waals surface area contributed by atoms with Crippen molar-refractivity contribution in [2.24, 2.45) is 0 Å². The van der Waals surface area contributed by atoms with Crippen LogP contribution < -0.4 is 5.56 Å². The van der Waals surface area contributed by atoms with Crippen molar-refractivity contribution in [1.29, 1.82) is 0 Å². The molecule has 0 unspecified atom stereocenters. The highest BCUT2D eigenvalue weighted by Gasteiger charge is 2.15. The average Bonchev–Trinajstić information content (AvgIpc) is 2.77. The Morgan fingerprint density at radius 1 is 1.21 bits per heavy atom. The van der Waals surface area contributed by atoms with E-state index in [1.54, 1.807) is 24.3 Å². The number of H-pyrrole nitrogens is 1. The number of pyridine rings is 1. The molecular formula is C13H9N3O3. The number of nitrogens with zero attached hydrogens (tertiary/aromatic N) is 2. The second kappa shape index (κ2) is 4.09. The fourth-order valence-corrected chi connectivity index (χ4v) is 1.95. The molecule has 94 valence electrons. The normalized spacial score (nSPS) is 10.7. The second-order valence-corrected chi connectivity index (χ2v) is 4.00. The van der Waals surface area contributed by atoms with Crippen LogP contribution >= 0.6 is 0 Å². The Kier molecular flexibility index (Phi) is 2.42. The number of hydrogen-bond donors (Lipinski definition) is 2. The lowest BCUT2D eigenvalue weighted by atomic mass is 10.2. The molecule has 19 heavy (non-hydrogen) atoms. The van der Waals surface area contributed by atoms with Crippen molar-refractivity contribution in [3.05, 3.63) is 58.6 Å². The predicted octanol–water partition coefficient (Wildman–Crippen LogP) is 1.41. The highest BCUT2D eigenvalue weighted by molar-refractivity contribution is 6.00. The number of carbonyl (C=O) groups is 1. The molecule has 2 aromatic heterocycles. The summed E-state index contributed by atoms with van der Waals surface area (Å²) in [5.74, 6) is -1.13. The maximum absolute atomic E-state index is 12.2. The number of fused-ring (bicyclic) bond motifs is 1. The third kappa shape index (κ3) is 1.70. The van der Waals surface area contributed by atoms with E-state index in [4.69, 9.17) is 5.11 Å². The molecule has 2 N–H and O–H groups in total. The molecule has 0 spiro atoms. The lowest BCUT2D eigenvalue weighted by molar-refractivity contribution is 0.0698. The quantitative estimate of drug-likeness (QED) is 0.724. The molecular weight excluding hydrogens is 246 g/mol. The van der Waals surface area contributed by atoms with Crippen LogP contribution in [0.5, 0.6) is 0 Å². The van der Waals surface area contributed by atoms with E-state index in [0.717, 1.165) is 0 Å². The average molecular weight is 255 g/mol. The summed E-state index contributed by atoms with van der Waals surface area (Å²) in [6, 6.07) is 8.93. The first-order valence-electron chi connectivity index (χ1n) is 5.56. The lowest BCUT2D eigenvalue weighted by Crippen LogP contribution is -2.13. The van der Waals surface area contributed by atoms with Gasteiger partial charge in [0.05, 0.1) is 16.6 Å². The first-order valence-corrected chi connectivity index (χ1v) is 5.56. The van der Waals surface area contributed by atoms with Gasteiger partial charge in [-0.15, -0.1) is 0 Å². The van der Waals surface area contributed by atoms with Gasteiger partial charge in [0.1, 0.15) is 5.56 Å². The van der Waals surface area contributed by atoms with Crippen LogP contribution in [0.4, 0.5) is 0 Å². The molecule has 3 rings (SSSR count). The number of hydrogen-bond acceptors (Lipinski definition) is 3. The predicted molar refractivity (Wildman–Crippen MR) is 68.7 cm³/mol. The number of nitrogens with one attached hydrogen (secondary N) is 1. The molecule has 2 heterocycles. The minimum atomic E-state index is -1.13. The van der Waals surface area contributed by atoms with Gasteiger partial charge in [0, 0.05) is 12.4 Å². The minimum absolute atomic E-state index is 0.0238. The van der Waals surface area contributed by atoms with Crippen molar-refractivity contribution in [2.45, 2.75) is 0 Å². The molecule has 0 amide bonds. The van der Waals surface area contributed by atoms with Crippen LogP contribution in [0.15, 0.2) is 47.5 Å². The van der Waals surface area contributed by atoms with E-state index in [1.807, 2.05) is 6.07 Å². The monoisotopic (exact) mass is 255 g/mol. The van der Waals surface area contributed by atoms with Gasteiger partial charge in [-0.3, -0.25) is 14.9 Å². The molecule has 0 saturated carbocycles. The zero-order valence-corrected chi connectivity index (χ0v) is 9.70. The summed E-state index contributed by atoms with van der Waals surface area (Å²) >= 11 is 0. The summed E-state index contributed by atoms with van der Waals surface area (Å²) in [5, 5.41) is 12.1. The molecule has 0 aliphatic heterocycles. The van der Waals surface area contributed by atoms with Crippen LogP contribution in [0, 0.1) is 0 Å². The third-order valence-electron chi connectivity index (χ3n) is 2.85. The van der Waals surface area contributed by atoms with E-state index in [-0.39, 0.29) is 22.0 Å². The van der Waals surface area contributed by atoms with Crippen molar-refractivity contribution in [2.75, 3.05) is 0 Å². The minimum Gasteiger partial charge on any atom is -0.478 e. The standard InChI is InChI=1S/C13H9N3O3/c17-12-9-6-14-7-10(13(18)19)11(9)15-16(12)8-4-2-1-3-5-8/h1-7,15H,(H,18,19). The molecule has 3 aromatic rings. The summed E-state index contributed by atoms with van der Waals surface area (Å²) in [5.41, 5.74) is 0.567. The number of rotatable bonds is 2. The van der Waals surface area contributed by atoms with Crippen molar-refractivity contribution in [3.63, 3.8) is 0 Å². The molecule has 0 radical (unpaired) electrons. The molecule has 0 fully saturated rings. The number of carboxylic acids is 1. The summed E-state index contributed by atoms with van der Waals surface area (Å²) in [4.78, 5) is 27.1. The Morgan fingerprint density at radius 2 is 1.95 bits per heavy atom. The van der Waals surface area contributed by atoms with Gasteiger partial charge in [0.2, 0.25) is 0 Å². The summed E-state index contributed by atoms with van der Waals surface area (Å²) < 4.78 is 1.30. The summed E-state index contributed by atoms with van der Waals surface area (Å²) in [7, 11) is 0. The molecule has 6 nitrogen and oxygen atoms in total. The van der Waals surface area contributed by atoms with Crippen molar-refractivity contribution < 1.29 is 9.90 Å². The molecule has 0 aliphatic rings. The first-order chi connectivity index (χ1) is 9.18. The number of aromatic nitrogens is 3. The van der Waals surface area contributed by atoms with Gasteiger partial charge in [0.15, 0.2) is 0 Å². The van der Waals surface area contributed by atoms with E-state index in [2.05, 4.69) is 10.1 Å². The van der Waals surface area contributed by atoms with E-state index in [1.165, 1.54) is 17.1 Å². The van der Waals surface area contributed by atoms with Crippen molar-refractivity contribution >= 4 is 16.9 Å². The van der Waals surface area contributed by atoms with Crippen molar-refractivity contribution in [1.82, 2.24) is 14.8 Å². The number of aromatic amines is 1. The second-order valence-electron chi connectivity index (χ2n) is 4.00. The number of benzene rings is 1. The number of carboxylic acid groups (broad SMARTS) is 1. The van der Waals surface area contributed by atoms with Crippen LogP contribution in [0.3, 0.4) is 0 Å². The fraction of sp³-hybridized carbons (Fsp3) is 0. The molecule has 6 heteroatoms. The van der Waals surface area contributed by atoms with Crippen LogP contribution in [-0.4, -0.2) is 25.8 Å². The van der Waals surface area contributed by atoms with Gasteiger partial charge in [-0.2, -0.15) is 0 Å². The van der Waals surface area contributed by atoms with Crippen LogP contribution in [-0.2, 0) is 0 Å². The first kappa shape index (κ1) is 11.2. The van der Waals surface area contributed by atoms with Gasteiger partial charge in [-0.05, 0) is 12.1 Å². The van der Waals surface area contributed by atoms with Crippen LogP contribution in [0.1, 0.15) is 10.4 Å². The van der Waals surface area contributed by atoms with Gasteiger partial charge in [-0.1, -0.05) is 18.2 Å². The number of aromatic carboxylic acids is 1. The Morgan fingerprint density at radius 3 is 2.63 bits per heavy atom. The molecule has 1 aromatic carbocycles. The highest BCUT2D eigenvalue weighted by Crippen LogP contribution is 2.14. The Labute approximate surface area is 106 Å². The smallest absolute Gasteiger partial charge is 0.339 e. The largest absolute Gasteiger partial charge is 0.478 e. The van der Waals surface area contributed by atoms with Gasteiger partial charge in [-0.25, -0.2) is 9.48 Å². The Balaban J connectivity index is 2.36.